The van der Waals surface area contributed by atoms with Crippen molar-refractivity contribution in [1.82, 2.24) is 0 Å². The summed E-state index contributed by atoms with van der Waals surface area (Å²) in [5.41, 5.74) is 6.11. The Morgan fingerprint density at radius 1 is 1.62 bits per heavy atom. The highest BCUT2D eigenvalue weighted by Gasteiger charge is 2.06. The molecule has 0 aliphatic heterocycles. The molecule has 0 saturated carbocycles. The van der Waals surface area contributed by atoms with Gasteiger partial charge in [-0.3, -0.25) is 4.79 Å². The molecule has 5 heteroatoms. The second kappa shape index (κ2) is 5.96. The minimum atomic E-state index is -0.353. The number of nitrogens with one attached hydrogen (secondary N) is 1. The molecule has 1 aromatic rings. The summed E-state index contributed by atoms with van der Waals surface area (Å²) in [7, 11) is 0. The normalized spacial score (nSPS) is 12.2. The maximum absolute atomic E-state index is 12.9. The summed E-state index contributed by atoms with van der Waals surface area (Å²) in [6.07, 6.45) is 1.00. The van der Waals surface area contributed by atoms with Crippen molar-refractivity contribution < 1.29 is 9.18 Å². The SMILES string of the molecule is CC(N)CCC(=O)Nc1ccc(F)c(Br)c1. The van der Waals surface area contributed by atoms with E-state index in [1.807, 2.05) is 6.92 Å². The smallest absolute Gasteiger partial charge is 0.224 e. The molecule has 0 radical (unpaired) electrons. The summed E-state index contributed by atoms with van der Waals surface area (Å²) in [4.78, 5) is 11.4. The number of hydrogen-bond donors (Lipinski definition) is 2. The topological polar surface area (TPSA) is 55.1 Å². The largest absolute Gasteiger partial charge is 0.328 e. The fraction of sp³-hybridized carbons (Fsp3) is 0.364. The van der Waals surface area contributed by atoms with E-state index in [4.69, 9.17) is 5.73 Å². The summed E-state index contributed by atoms with van der Waals surface area (Å²) in [5.74, 6) is -0.468. The number of carbonyl (C=O) groups is 1. The average molecular weight is 289 g/mol. The fourth-order valence-electron chi connectivity index (χ4n) is 1.16. The number of anilines is 1. The quantitative estimate of drug-likeness (QED) is 0.895. The van der Waals surface area contributed by atoms with Crippen LogP contribution in [0.5, 0.6) is 0 Å². The van der Waals surface area contributed by atoms with Gasteiger partial charge in [-0.05, 0) is 47.5 Å². The number of amides is 1. The molecule has 88 valence electrons. The van der Waals surface area contributed by atoms with Gasteiger partial charge < -0.3 is 11.1 Å². The number of benzene rings is 1. The molecule has 1 amide bonds. The van der Waals surface area contributed by atoms with Crippen LogP contribution < -0.4 is 11.1 Å². The van der Waals surface area contributed by atoms with Gasteiger partial charge in [0.1, 0.15) is 5.82 Å². The van der Waals surface area contributed by atoms with E-state index in [0.29, 0.717) is 23.0 Å². The molecule has 0 heterocycles. The Hall–Kier alpha value is -0.940. The van der Waals surface area contributed by atoms with Crippen molar-refractivity contribution >= 4 is 27.5 Å². The lowest BCUT2D eigenvalue weighted by atomic mass is 10.2. The summed E-state index contributed by atoms with van der Waals surface area (Å²) in [6.45, 7) is 1.85. The number of carbonyl (C=O) groups excluding carboxylic acids is 1. The lowest BCUT2D eigenvalue weighted by molar-refractivity contribution is -0.116. The summed E-state index contributed by atoms with van der Waals surface area (Å²) < 4.78 is 13.2. The first-order chi connectivity index (χ1) is 7.49. The molecule has 1 aromatic carbocycles. The van der Waals surface area contributed by atoms with Crippen molar-refractivity contribution in [2.75, 3.05) is 5.32 Å². The highest BCUT2D eigenvalue weighted by Crippen LogP contribution is 2.20. The van der Waals surface area contributed by atoms with Gasteiger partial charge in [-0.25, -0.2) is 4.39 Å². The van der Waals surface area contributed by atoms with Gasteiger partial charge in [0.25, 0.3) is 0 Å². The van der Waals surface area contributed by atoms with Crippen LogP contribution in [-0.2, 0) is 4.79 Å². The van der Waals surface area contributed by atoms with Gasteiger partial charge in [0, 0.05) is 18.2 Å². The summed E-state index contributed by atoms with van der Waals surface area (Å²) >= 11 is 3.05. The van der Waals surface area contributed by atoms with Gasteiger partial charge in [0.2, 0.25) is 5.91 Å². The van der Waals surface area contributed by atoms with Gasteiger partial charge in [0.05, 0.1) is 4.47 Å². The van der Waals surface area contributed by atoms with Gasteiger partial charge in [-0.15, -0.1) is 0 Å². The third kappa shape index (κ3) is 4.28. The monoisotopic (exact) mass is 288 g/mol. The van der Waals surface area contributed by atoms with Crippen LogP contribution in [0, 0.1) is 5.82 Å². The highest BCUT2D eigenvalue weighted by molar-refractivity contribution is 9.10. The van der Waals surface area contributed by atoms with Crippen LogP contribution in [0.2, 0.25) is 0 Å². The van der Waals surface area contributed by atoms with E-state index in [2.05, 4.69) is 21.2 Å². The first-order valence-corrected chi connectivity index (χ1v) is 5.79. The predicted octanol–water partition coefficient (Wildman–Crippen LogP) is 2.65. The Labute approximate surface area is 102 Å². The van der Waals surface area contributed by atoms with Crippen molar-refractivity contribution in [3.05, 3.63) is 28.5 Å². The third-order valence-electron chi connectivity index (χ3n) is 2.03. The summed E-state index contributed by atoms with van der Waals surface area (Å²) in [6, 6.07) is 4.35. The first kappa shape index (κ1) is 13.1. The average Bonchev–Trinajstić information content (AvgIpc) is 2.21. The molecule has 1 rings (SSSR count). The third-order valence-corrected chi connectivity index (χ3v) is 2.64. The molecule has 3 N–H and O–H groups in total. The number of halogens is 2. The minimum Gasteiger partial charge on any atom is -0.328 e. The van der Waals surface area contributed by atoms with Crippen LogP contribution in [0.4, 0.5) is 10.1 Å². The van der Waals surface area contributed by atoms with Crippen LogP contribution in [0.15, 0.2) is 22.7 Å². The molecule has 0 bridgehead atoms. The van der Waals surface area contributed by atoms with Gasteiger partial charge >= 0.3 is 0 Å². The van der Waals surface area contributed by atoms with Gasteiger partial charge in [-0.1, -0.05) is 0 Å². The molecule has 16 heavy (non-hydrogen) atoms. The van der Waals surface area contributed by atoms with Gasteiger partial charge in [-0.2, -0.15) is 0 Å². The second-order valence-corrected chi connectivity index (χ2v) is 4.55. The zero-order valence-electron chi connectivity index (χ0n) is 8.97. The van der Waals surface area contributed by atoms with Crippen LogP contribution in [0.1, 0.15) is 19.8 Å². The van der Waals surface area contributed by atoms with E-state index in [9.17, 15) is 9.18 Å². The van der Waals surface area contributed by atoms with Crippen molar-refractivity contribution in [2.24, 2.45) is 5.73 Å². The van der Waals surface area contributed by atoms with Crippen LogP contribution >= 0.6 is 15.9 Å². The predicted molar refractivity (Wildman–Crippen MR) is 65.6 cm³/mol. The molecule has 1 unspecified atom stereocenters. The van der Waals surface area contributed by atoms with Crippen LogP contribution in [0.25, 0.3) is 0 Å². The van der Waals surface area contributed by atoms with E-state index in [0.717, 1.165) is 0 Å². The maximum atomic E-state index is 12.9. The Kier molecular flexibility index (Phi) is 4.89. The Morgan fingerprint density at radius 2 is 2.31 bits per heavy atom. The van der Waals surface area contributed by atoms with Crippen molar-refractivity contribution in [3.8, 4) is 0 Å². The van der Waals surface area contributed by atoms with E-state index in [1.54, 1.807) is 0 Å². The van der Waals surface area contributed by atoms with Crippen molar-refractivity contribution in [3.63, 3.8) is 0 Å². The minimum absolute atomic E-state index is 0.00528. The van der Waals surface area contributed by atoms with Crippen molar-refractivity contribution in [2.45, 2.75) is 25.8 Å². The molecular weight excluding hydrogens is 275 g/mol. The molecular formula is C11H14BrFN2O. The fourth-order valence-corrected chi connectivity index (χ4v) is 1.53. The standard InChI is InChI=1S/C11H14BrFN2O/c1-7(14)2-5-11(16)15-8-3-4-10(13)9(12)6-8/h3-4,6-7H,2,5,14H2,1H3,(H,15,16). The number of hydrogen-bond acceptors (Lipinski definition) is 2. The maximum Gasteiger partial charge on any atom is 0.224 e. The van der Waals surface area contributed by atoms with E-state index >= 15 is 0 Å². The molecule has 1 atom stereocenters. The van der Waals surface area contributed by atoms with Gasteiger partial charge in [0.15, 0.2) is 0 Å². The molecule has 0 aliphatic rings. The second-order valence-electron chi connectivity index (χ2n) is 3.69. The molecule has 0 fully saturated rings. The number of nitrogens with two attached hydrogens (primary N) is 1. The Morgan fingerprint density at radius 3 is 2.88 bits per heavy atom. The molecule has 0 saturated heterocycles. The molecule has 0 spiro atoms. The molecule has 0 aromatic heterocycles. The van der Waals surface area contributed by atoms with E-state index < -0.39 is 0 Å². The zero-order valence-corrected chi connectivity index (χ0v) is 10.6. The Balaban J connectivity index is 2.53. The number of rotatable bonds is 4. The van der Waals surface area contributed by atoms with Crippen molar-refractivity contribution in [1.29, 1.82) is 0 Å². The zero-order chi connectivity index (χ0) is 12.1. The van der Waals surface area contributed by atoms with E-state index in [-0.39, 0.29) is 17.8 Å². The van der Waals surface area contributed by atoms with E-state index in [1.165, 1.54) is 18.2 Å². The molecule has 3 nitrogen and oxygen atoms in total. The summed E-state index contributed by atoms with van der Waals surface area (Å²) in [5, 5.41) is 2.67. The lowest BCUT2D eigenvalue weighted by Gasteiger charge is -2.07. The highest BCUT2D eigenvalue weighted by atomic mass is 79.9. The Bertz CT molecular complexity index is 382. The lowest BCUT2D eigenvalue weighted by Crippen LogP contribution is -2.19. The van der Waals surface area contributed by atoms with Crippen LogP contribution in [-0.4, -0.2) is 11.9 Å². The first-order valence-electron chi connectivity index (χ1n) is 4.99. The van der Waals surface area contributed by atoms with Crippen LogP contribution in [0.3, 0.4) is 0 Å². The molecule has 0 aliphatic carbocycles.